The average molecular weight is 396 g/mol. The highest BCUT2D eigenvalue weighted by Crippen LogP contribution is 2.25. The number of nitrogens with zero attached hydrogens (tertiary/aromatic N) is 1. The Balaban J connectivity index is 2.33. The van der Waals surface area contributed by atoms with Gasteiger partial charge in [0.1, 0.15) is 11.8 Å². The molecule has 0 atom stereocenters. The van der Waals surface area contributed by atoms with E-state index in [1.807, 2.05) is 6.07 Å². The Hall–Kier alpha value is -1.84. The van der Waals surface area contributed by atoms with Crippen molar-refractivity contribution < 1.29 is 9.90 Å². The lowest BCUT2D eigenvalue weighted by Gasteiger charge is -2.09. The van der Waals surface area contributed by atoms with Crippen LogP contribution in [0.3, 0.4) is 0 Å². The van der Waals surface area contributed by atoms with Crippen molar-refractivity contribution in [1.82, 2.24) is 0 Å². The summed E-state index contributed by atoms with van der Waals surface area (Å²) in [5, 5.41) is 21.4. The highest BCUT2D eigenvalue weighted by atomic mass is 79.9. The van der Waals surface area contributed by atoms with Crippen molar-refractivity contribution in [1.29, 1.82) is 5.26 Å². The minimum atomic E-state index is -0.484. The molecule has 0 aromatic heterocycles. The molecule has 0 fully saturated rings. The molecule has 0 aliphatic rings. The number of carbonyl (C=O) groups excluding carboxylic acids is 1. The number of carbonyl (C=O) groups is 1. The van der Waals surface area contributed by atoms with Crippen LogP contribution in [0.5, 0.6) is 5.75 Å². The van der Waals surface area contributed by atoms with E-state index in [1.54, 1.807) is 24.3 Å². The molecule has 0 saturated carbocycles. The Morgan fingerprint density at radius 3 is 2.50 bits per heavy atom. The molecular formula is C14H8Br2N2O2. The number of nitrogens with one attached hydrogen (secondary N) is 1. The Kier molecular flexibility index (Phi) is 4.42. The molecule has 0 heterocycles. The Morgan fingerprint density at radius 1 is 1.15 bits per heavy atom. The fourth-order valence-corrected chi connectivity index (χ4v) is 2.32. The first-order valence-corrected chi connectivity index (χ1v) is 7.09. The molecule has 2 N–H and O–H groups in total. The SMILES string of the molecule is N#Cc1cc(Br)ccc1NC(=O)c1cc(Br)ccc1O. The number of rotatable bonds is 2. The zero-order valence-corrected chi connectivity index (χ0v) is 13.2. The van der Waals surface area contributed by atoms with Crippen LogP contribution in [0.25, 0.3) is 0 Å². The van der Waals surface area contributed by atoms with Crippen molar-refractivity contribution in [3.8, 4) is 11.8 Å². The molecule has 0 unspecified atom stereocenters. The topological polar surface area (TPSA) is 73.1 Å². The van der Waals surface area contributed by atoms with Gasteiger partial charge in [0.2, 0.25) is 0 Å². The summed E-state index contributed by atoms with van der Waals surface area (Å²) in [6.07, 6.45) is 0. The molecule has 100 valence electrons. The van der Waals surface area contributed by atoms with E-state index in [-0.39, 0.29) is 11.3 Å². The smallest absolute Gasteiger partial charge is 0.259 e. The molecule has 20 heavy (non-hydrogen) atoms. The van der Waals surface area contributed by atoms with Crippen LogP contribution in [0, 0.1) is 11.3 Å². The largest absolute Gasteiger partial charge is 0.507 e. The molecule has 2 aromatic carbocycles. The summed E-state index contributed by atoms with van der Waals surface area (Å²) in [6, 6.07) is 11.5. The van der Waals surface area contributed by atoms with Crippen LogP contribution in [-0.4, -0.2) is 11.0 Å². The number of phenols is 1. The number of nitriles is 1. The van der Waals surface area contributed by atoms with Crippen LogP contribution >= 0.6 is 31.9 Å². The van der Waals surface area contributed by atoms with Crippen molar-refractivity contribution in [2.45, 2.75) is 0 Å². The molecular weight excluding hydrogens is 388 g/mol. The predicted molar refractivity (Wildman–Crippen MR) is 82.6 cm³/mol. The van der Waals surface area contributed by atoms with E-state index >= 15 is 0 Å². The van der Waals surface area contributed by atoms with E-state index in [1.165, 1.54) is 12.1 Å². The molecule has 0 radical (unpaired) electrons. The van der Waals surface area contributed by atoms with Crippen molar-refractivity contribution in [2.75, 3.05) is 5.32 Å². The molecule has 6 heteroatoms. The Bertz CT molecular complexity index is 724. The van der Waals surface area contributed by atoms with Gasteiger partial charge in [0.05, 0.1) is 16.8 Å². The normalized spacial score (nSPS) is 9.85. The number of anilines is 1. The summed E-state index contributed by atoms with van der Waals surface area (Å²) in [6.45, 7) is 0. The first-order valence-electron chi connectivity index (χ1n) is 5.51. The Morgan fingerprint density at radius 2 is 1.80 bits per heavy atom. The second-order valence-electron chi connectivity index (χ2n) is 3.92. The third-order valence-electron chi connectivity index (χ3n) is 2.55. The minimum Gasteiger partial charge on any atom is -0.507 e. The molecule has 0 aliphatic carbocycles. The lowest BCUT2D eigenvalue weighted by molar-refractivity contribution is 0.102. The van der Waals surface area contributed by atoms with E-state index in [0.29, 0.717) is 15.7 Å². The molecule has 1 amide bonds. The summed E-state index contributed by atoms with van der Waals surface area (Å²) in [5.74, 6) is -0.607. The number of hydrogen-bond donors (Lipinski definition) is 2. The second-order valence-corrected chi connectivity index (χ2v) is 5.75. The summed E-state index contributed by atoms with van der Waals surface area (Å²) in [7, 11) is 0. The van der Waals surface area contributed by atoms with E-state index in [2.05, 4.69) is 37.2 Å². The number of halogens is 2. The fourth-order valence-electron chi connectivity index (χ4n) is 1.60. The lowest BCUT2D eigenvalue weighted by atomic mass is 10.1. The number of phenolic OH excluding ortho intramolecular Hbond substituents is 1. The molecule has 0 aliphatic heterocycles. The van der Waals surface area contributed by atoms with Gasteiger partial charge in [-0.3, -0.25) is 4.79 Å². The molecule has 2 aromatic rings. The molecule has 0 bridgehead atoms. The average Bonchev–Trinajstić information content (AvgIpc) is 2.43. The van der Waals surface area contributed by atoms with Crippen LogP contribution in [0.2, 0.25) is 0 Å². The van der Waals surface area contributed by atoms with Gasteiger partial charge in [0.25, 0.3) is 5.91 Å². The van der Waals surface area contributed by atoms with Gasteiger partial charge in [-0.15, -0.1) is 0 Å². The van der Waals surface area contributed by atoms with Gasteiger partial charge in [-0.2, -0.15) is 5.26 Å². The second kappa shape index (κ2) is 6.07. The highest BCUT2D eigenvalue weighted by molar-refractivity contribution is 9.10. The van der Waals surface area contributed by atoms with Gasteiger partial charge >= 0.3 is 0 Å². The quantitative estimate of drug-likeness (QED) is 0.805. The predicted octanol–water partition coefficient (Wildman–Crippen LogP) is 4.04. The van der Waals surface area contributed by atoms with Gasteiger partial charge in [-0.05, 0) is 36.4 Å². The zero-order chi connectivity index (χ0) is 14.7. The van der Waals surface area contributed by atoms with Crippen LogP contribution in [0.1, 0.15) is 15.9 Å². The van der Waals surface area contributed by atoms with E-state index in [4.69, 9.17) is 5.26 Å². The highest BCUT2D eigenvalue weighted by Gasteiger charge is 2.13. The first-order chi connectivity index (χ1) is 9.51. The van der Waals surface area contributed by atoms with Gasteiger partial charge in [0.15, 0.2) is 0 Å². The van der Waals surface area contributed by atoms with Crippen molar-refractivity contribution in [3.63, 3.8) is 0 Å². The standard InChI is InChI=1S/C14H8Br2N2O2/c15-9-1-3-12(8(5-9)7-17)18-14(20)11-6-10(16)2-4-13(11)19/h1-6,19H,(H,18,20). The molecule has 2 rings (SSSR count). The number of hydrogen-bond acceptors (Lipinski definition) is 3. The van der Waals surface area contributed by atoms with Crippen molar-refractivity contribution in [3.05, 3.63) is 56.5 Å². The summed E-state index contributed by atoms with van der Waals surface area (Å²) in [5.41, 5.74) is 0.855. The van der Waals surface area contributed by atoms with Gasteiger partial charge in [-0.1, -0.05) is 31.9 Å². The molecule has 4 nitrogen and oxygen atoms in total. The number of benzene rings is 2. The summed E-state index contributed by atoms with van der Waals surface area (Å²) >= 11 is 6.50. The monoisotopic (exact) mass is 394 g/mol. The van der Waals surface area contributed by atoms with Crippen molar-refractivity contribution in [2.24, 2.45) is 0 Å². The molecule has 0 spiro atoms. The number of amides is 1. The van der Waals surface area contributed by atoms with E-state index < -0.39 is 5.91 Å². The summed E-state index contributed by atoms with van der Waals surface area (Å²) < 4.78 is 1.43. The van der Waals surface area contributed by atoms with E-state index in [0.717, 1.165) is 4.47 Å². The minimum absolute atomic E-state index is 0.124. The van der Waals surface area contributed by atoms with Gasteiger partial charge in [0, 0.05) is 8.95 Å². The maximum atomic E-state index is 12.1. The van der Waals surface area contributed by atoms with Crippen LogP contribution in [0.15, 0.2) is 45.3 Å². The third kappa shape index (κ3) is 3.18. The van der Waals surface area contributed by atoms with Crippen molar-refractivity contribution >= 4 is 43.5 Å². The van der Waals surface area contributed by atoms with Crippen LogP contribution in [0.4, 0.5) is 5.69 Å². The Labute approximate surface area is 132 Å². The maximum absolute atomic E-state index is 12.1. The van der Waals surface area contributed by atoms with Crippen LogP contribution < -0.4 is 5.32 Å². The molecule has 0 saturated heterocycles. The van der Waals surface area contributed by atoms with E-state index in [9.17, 15) is 9.90 Å². The lowest BCUT2D eigenvalue weighted by Crippen LogP contribution is -2.13. The maximum Gasteiger partial charge on any atom is 0.259 e. The van der Waals surface area contributed by atoms with Gasteiger partial charge < -0.3 is 10.4 Å². The first kappa shape index (κ1) is 14.6. The number of aromatic hydroxyl groups is 1. The van der Waals surface area contributed by atoms with Crippen LogP contribution in [-0.2, 0) is 0 Å². The summed E-state index contributed by atoms with van der Waals surface area (Å²) in [4.78, 5) is 12.1. The third-order valence-corrected chi connectivity index (χ3v) is 3.54. The fraction of sp³-hybridized carbons (Fsp3) is 0. The van der Waals surface area contributed by atoms with Gasteiger partial charge in [-0.25, -0.2) is 0 Å². The zero-order valence-electron chi connectivity index (χ0n) is 10.0.